The minimum atomic E-state index is -0.442. The second-order valence-corrected chi connectivity index (χ2v) is 7.60. The van der Waals surface area contributed by atoms with Crippen LogP contribution in [0, 0.1) is 0 Å². The maximum atomic E-state index is 11.1. The monoisotopic (exact) mass is 383 g/mol. The smallest absolute Gasteiger partial charge is 0.119 e. The molecule has 3 rings (SSSR count). The first kappa shape index (κ1) is 20.7. The molecule has 0 saturated heterocycles. The quantitative estimate of drug-likeness (QED) is 0.697. The van der Waals surface area contributed by atoms with Gasteiger partial charge in [-0.3, -0.25) is 4.90 Å². The zero-order chi connectivity index (χ0) is 19.9. The first-order valence-corrected chi connectivity index (χ1v) is 10.4. The number of unbranched alkanes of at least 4 members (excludes halogenated alkanes) is 1. The summed E-state index contributed by atoms with van der Waals surface area (Å²) in [7, 11) is 3.38. The number of aryl methyl sites for hydroxylation is 1. The maximum absolute atomic E-state index is 11.1. The highest BCUT2D eigenvalue weighted by atomic mass is 16.5. The van der Waals surface area contributed by atoms with Gasteiger partial charge in [-0.2, -0.15) is 0 Å². The molecule has 4 nitrogen and oxygen atoms in total. The summed E-state index contributed by atoms with van der Waals surface area (Å²) in [5.74, 6) is 1.76. The molecular weight excluding hydrogens is 350 g/mol. The van der Waals surface area contributed by atoms with Crippen molar-refractivity contribution in [3.8, 4) is 11.5 Å². The number of benzene rings is 2. The molecular formula is C24H33NO3. The van der Waals surface area contributed by atoms with E-state index in [-0.39, 0.29) is 6.04 Å². The maximum Gasteiger partial charge on any atom is 0.119 e. The number of ether oxygens (including phenoxy) is 2. The van der Waals surface area contributed by atoms with Crippen LogP contribution in [0.4, 0.5) is 0 Å². The molecule has 1 aliphatic rings. The lowest BCUT2D eigenvalue weighted by molar-refractivity contribution is 0.0355. The van der Waals surface area contributed by atoms with Crippen LogP contribution in [-0.4, -0.2) is 43.4 Å². The van der Waals surface area contributed by atoms with Gasteiger partial charge in [-0.1, -0.05) is 31.5 Å². The lowest BCUT2D eigenvalue weighted by atomic mass is 9.84. The van der Waals surface area contributed by atoms with Crippen molar-refractivity contribution in [1.29, 1.82) is 0 Å². The van der Waals surface area contributed by atoms with Gasteiger partial charge >= 0.3 is 0 Å². The standard InChI is InChI=1S/C24H33NO3/c1-4-5-15-25(16-14-18-6-9-20(27-2)10-7-18)23-13-8-19-17-21(28-3)11-12-22(19)24(23)26/h6-7,9-12,17,23-24,26H,4-5,8,13-16H2,1-3H3. The molecule has 152 valence electrons. The number of hydrogen-bond acceptors (Lipinski definition) is 4. The van der Waals surface area contributed by atoms with E-state index in [0.29, 0.717) is 0 Å². The van der Waals surface area contributed by atoms with Gasteiger partial charge in [0.15, 0.2) is 0 Å². The molecule has 0 amide bonds. The zero-order valence-corrected chi connectivity index (χ0v) is 17.4. The van der Waals surface area contributed by atoms with Gasteiger partial charge in [-0.05, 0) is 73.2 Å². The third-order valence-corrected chi connectivity index (χ3v) is 5.86. The molecule has 2 aromatic rings. The predicted molar refractivity (Wildman–Crippen MR) is 113 cm³/mol. The highest BCUT2D eigenvalue weighted by Crippen LogP contribution is 2.35. The Hall–Kier alpha value is -2.04. The summed E-state index contributed by atoms with van der Waals surface area (Å²) in [5, 5.41) is 11.1. The van der Waals surface area contributed by atoms with Crippen molar-refractivity contribution in [3.05, 3.63) is 59.2 Å². The van der Waals surface area contributed by atoms with Crippen LogP contribution in [0.3, 0.4) is 0 Å². The Morgan fingerprint density at radius 2 is 1.71 bits per heavy atom. The van der Waals surface area contributed by atoms with Crippen molar-refractivity contribution in [2.75, 3.05) is 27.3 Å². The fraction of sp³-hybridized carbons (Fsp3) is 0.500. The van der Waals surface area contributed by atoms with E-state index >= 15 is 0 Å². The van der Waals surface area contributed by atoms with Crippen molar-refractivity contribution in [2.45, 2.75) is 51.2 Å². The van der Waals surface area contributed by atoms with Gasteiger partial charge < -0.3 is 14.6 Å². The molecule has 0 radical (unpaired) electrons. The molecule has 0 fully saturated rings. The first-order chi connectivity index (χ1) is 13.7. The van der Waals surface area contributed by atoms with Gasteiger partial charge in [0.1, 0.15) is 11.5 Å². The van der Waals surface area contributed by atoms with E-state index < -0.39 is 6.10 Å². The Morgan fingerprint density at radius 1 is 1.00 bits per heavy atom. The molecule has 2 unspecified atom stereocenters. The average Bonchev–Trinajstić information content (AvgIpc) is 2.74. The minimum absolute atomic E-state index is 0.172. The molecule has 0 aliphatic heterocycles. The first-order valence-electron chi connectivity index (χ1n) is 10.4. The minimum Gasteiger partial charge on any atom is -0.497 e. The van der Waals surface area contributed by atoms with Crippen LogP contribution in [0.2, 0.25) is 0 Å². The number of nitrogens with zero attached hydrogens (tertiary/aromatic N) is 1. The third-order valence-electron chi connectivity index (χ3n) is 5.86. The summed E-state index contributed by atoms with van der Waals surface area (Å²) in [5.41, 5.74) is 3.58. The Kier molecular flexibility index (Phi) is 7.35. The Balaban J connectivity index is 1.71. The number of aliphatic hydroxyl groups excluding tert-OH is 1. The van der Waals surface area contributed by atoms with E-state index in [4.69, 9.17) is 9.47 Å². The van der Waals surface area contributed by atoms with E-state index in [0.717, 1.165) is 62.3 Å². The SMILES string of the molecule is CCCCN(CCc1ccc(OC)cc1)C1CCc2cc(OC)ccc2C1O. The van der Waals surface area contributed by atoms with E-state index in [9.17, 15) is 5.11 Å². The summed E-state index contributed by atoms with van der Waals surface area (Å²) in [6, 6.07) is 14.5. The van der Waals surface area contributed by atoms with Gasteiger partial charge in [0, 0.05) is 12.6 Å². The van der Waals surface area contributed by atoms with E-state index in [1.807, 2.05) is 24.3 Å². The number of rotatable bonds is 9. The molecule has 2 atom stereocenters. The van der Waals surface area contributed by atoms with Gasteiger partial charge in [0.05, 0.1) is 20.3 Å². The number of aliphatic hydroxyl groups is 1. The van der Waals surface area contributed by atoms with Gasteiger partial charge in [0.25, 0.3) is 0 Å². The van der Waals surface area contributed by atoms with E-state index in [1.165, 1.54) is 11.1 Å². The van der Waals surface area contributed by atoms with Crippen molar-refractivity contribution in [3.63, 3.8) is 0 Å². The highest BCUT2D eigenvalue weighted by molar-refractivity contribution is 5.39. The Morgan fingerprint density at radius 3 is 2.39 bits per heavy atom. The molecule has 0 heterocycles. The fourth-order valence-corrected chi connectivity index (χ4v) is 4.13. The largest absolute Gasteiger partial charge is 0.497 e. The Bertz CT molecular complexity index is 744. The lowest BCUT2D eigenvalue weighted by Gasteiger charge is -2.39. The lowest BCUT2D eigenvalue weighted by Crippen LogP contribution is -2.43. The molecule has 0 aromatic heterocycles. The average molecular weight is 384 g/mol. The highest BCUT2D eigenvalue weighted by Gasteiger charge is 2.32. The fourth-order valence-electron chi connectivity index (χ4n) is 4.13. The van der Waals surface area contributed by atoms with E-state index in [2.05, 4.69) is 30.0 Å². The molecule has 2 aromatic carbocycles. The Labute approximate surface area is 169 Å². The molecule has 1 N–H and O–H groups in total. The van der Waals surface area contributed by atoms with Crippen LogP contribution >= 0.6 is 0 Å². The predicted octanol–water partition coefficient (Wildman–Crippen LogP) is 4.40. The van der Waals surface area contributed by atoms with Gasteiger partial charge in [-0.25, -0.2) is 0 Å². The van der Waals surface area contributed by atoms with Gasteiger partial charge in [0.2, 0.25) is 0 Å². The molecule has 0 saturated carbocycles. The third kappa shape index (κ3) is 4.86. The number of hydrogen-bond donors (Lipinski definition) is 1. The summed E-state index contributed by atoms with van der Waals surface area (Å²) in [4.78, 5) is 2.49. The van der Waals surface area contributed by atoms with Crippen LogP contribution < -0.4 is 9.47 Å². The number of methoxy groups -OCH3 is 2. The van der Waals surface area contributed by atoms with E-state index in [1.54, 1.807) is 14.2 Å². The number of fused-ring (bicyclic) bond motifs is 1. The van der Waals surface area contributed by atoms with Crippen molar-refractivity contribution in [1.82, 2.24) is 4.90 Å². The summed E-state index contributed by atoms with van der Waals surface area (Å²) < 4.78 is 10.6. The van der Waals surface area contributed by atoms with Crippen molar-refractivity contribution >= 4 is 0 Å². The van der Waals surface area contributed by atoms with Crippen LogP contribution in [0.5, 0.6) is 11.5 Å². The van der Waals surface area contributed by atoms with Crippen molar-refractivity contribution < 1.29 is 14.6 Å². The topological polar surface area (TPSA) is 41.9 Å². The summed E-state index contributed by atoms with van der Waals surface area (Å²) in [6.07, 6.45) is 4.82. The molecule has 4 heteroatoms. The van der Waals surface area contributed by atoms with Crippen LogP contribution in [0.25, 0.3) is 0 Å². The molecule has 28 heavy (non-hydrogen) atoms. The second-order valence-electron chi connectivity index (χ2n) is 7.60. The van der Waals surface area contributed by atoms with Gasteiger partial charge in [-0.15, -0.1) is 0 Å². The normalized spacial score (nSPS) is 18.8. The molecule has 1 aliphatic carbocycles. The summed E-state index contributed by atoms with van der Waals surface area (Å²) >= 11 is 0. The molecule has 0 bridgehead atoms. The molecule has 0 spiro atoms. The van der Waals surface area contributed by atoms with Crippen LogP contribution in [0.15, 0.2) is 42.5 Å². The summed E-state index contributed by atoms with van der Waals surface area (Å²) in [6.45, 7) is 4.21. The second kappa shape index (κ2) is 9.94. The van der Waals surface area contributed by atoms with Crippen molar-refractivity contribution in [2.24, 2.45) is 0 Å². The van der Waals surface area contributed by atoms with Crippen LogP contribution in [-0.2, 0) is 12.8 Å². The zero-order valence-electron chi connectivity index (χ0n) is 17.4. The van der Waals surface area contributed by atoms with Crippen LogP contribution in [0.1, 0.15) is 49.0 Å².